The van der Waals surface area contributed by atoms with Crippen LogP contribution in [0.4, 0.5) is 5.69 Å². The molecule has 8 nitrogen and oxygen atoms in total. The van der Waals surface area contributed by atoms with Gasteiger partial charge in [0.15, 0.2) is 0 Å². The number of benzene rings is 3. The minimum atomic E-state index is -3.56. The summed E-state index contributed by atoms with van der Waals surface area (Å²) in [6, 6.07) is 23.6. The van der Waals surface area contributed by atoms with Crippen LogP contribution in [0.15, 0.2) is 78.9 Å². The van der Waals surface area contributed by atoms with E-state index in [0.29, 0.717) is 24.3 Å². The first-order valence-electron chi connectivity index (χ1n) is 13.4. The number of hydrogen-bond acceptors (Lipinski definition) is 5. The van der Waals surface area contributed by atoms with Crippen LogP contribution in [-0.4, -0.2) is 58.1 Å². The molecule has 1 atom stereocenters. The number of methoxy groups -OCH3 is 1. The third-order valence-electron chi connectivity index (χ3n) is 6.79. The number of nitrogens with one attached hydrogen (secondary N) is 1. The first kappa shape index (κ1) is 30.7. The molecule has 40 heavy (non-hydrogen) atoms. The maximum Gasteiger partial charge on any atom is 0.242 e. The standard InChI is InChI=1S/C31H39N3O5S/c1-5-24-16-18-27(19-17-24)34(40(4,37)38)20-10-15-30(35)33(23-26-13-9-14-28(21-26)39-3)29(31(36)32-2)22-25-11-7-6-8-12-25/h6-9,11-14,16-19,21,29H,5,10,15,20,22-23H2,1-4H3,(H,32,36)/t29-/m1/s1. The van der Waals surface area contributed by atoms with Crippen molar-refractivity contribution < 1.29 is 22.7 Å². The second-order valence-electron chi connectivity index (χ2n) is 9.65. The zero-order valence-corrected chi connectivity index (χ0v) is 24.5. The third kappa shape index (κ3) is 8.58. The summed E-state index contributed by atoms with van der Waals surface area (Å²) < 4.78 is 31.9. The topological polar surface area (TPSA) is 96.0 Å². The summed E-state index contributed by atoms with van der Waals surface area (Å²) in [5, 5.41) is 2.71. The summed E-state index contributed by atoms with van der Waals surface area (Å²) in [7, 11) is -0.421. The Bertz CT molecular complexity index is 1360. The van der Waals surface area contributed by atoms with E-state index in [9.17, 15) is 18.0 Å². The number of nitrogens with zero attached hydrogens (tertiary/aromatic N) is 2. The molecule has 0 heterocycles. The molecule has 2 amide bonds. The van der Waals surface area contributed by atoms with Crippen molar-refractivity contribution in [3.8, 4) is 5.75 Å². The molecular formula is C31H39N3O5S. The number of ether oxygens (including phenoxy) is 1. The van der Waals surface area contributed by atoms with Crippen molar-refractivity contribution >= 4 is 27.5 Å². The zero-order valence-electron chi connectivity index (χ0n) is 23.7. The van der Waals surface area contributed by atoms with Crippen molar-refractivity contribution in [3.05, 3.63) is 95.6 Å². The van der Waals surface area contributed by atoms with E-state index in [1.54, 1.807) is 31.2 Å². The molecule has 9 heteroatoms. The van der Waals surface area contributed by atoms with Crippen molar-refractivity contribution in [1.29, 1.82) is 0 Å². The van der Waals surface area contributed by atoms with E-state index < -0.39 is 16.1 Å². The molecule has 3 rings (SSSR count). The van der Waals surface area contributed by atoms with Crippen LogP contribution in [0.5, 0.6) is 5.75 Å². The highest BCUT2D eigenvalue weighted by atomic mass is 32.2. The summed E-state index contributed by atoms with van der Waals surface area (Å²) in [6.07, 6.45) is 2.73. The SMILES string of the molecule is CCc1ccc(N(CCCC(=O)N(Cc2cccc(OC)c2)[C@H](Cc2ccccc2)C(=O)NC)S(C)(=O)=O)cc1. The van der Waals surface area contributed by atoms with Gasteiger partial charge in [-0.3, -0.25) is 13.9 Å². The first-order chi connectivity index (χ1) is 19.2. The van der Waals surface area contributed by atoms with Crippen molar-refractivity contribution in [2.75, 3.05) is 31.3 Å². The largest absolute Gasteiger partial charge is 0.497 e. The molecular weight excluding hydrogens is 526 g/mol. The fourth-order valence-electron chi connectivity index (χ4n) is 4.59. The van der Waals surface area contributed by atoms with Crippen molar-refractivity contribution in [2.24, 2.45) is 0 Å². The number of sulfonamides is 1. The highest BCUT2D eigenvalue weighted by Crippen LogP contribution is 2.22. The average Bonchev–Trinajstić information content (AvgIpc) is 2.96. The maximum atomic E-state index is 13.8. The Hall–Kier alpha value is -3.85. The Morgan fingerprint density at radius 2 is 1.60 bits per heavy atom. The number of likely N-dealkylation sites (N-methyl/N-ethyl adjacent to an activating group) is 1. The van der Waals surface area contributed by atoms with Gasteiger partial charge in [0.1, 0.15) is 11.8 Å². The highest BCUT2D eigenvalue weighted by Gasteiger charge is 2.30. The normalized spacial score (nSPS) is 11.9. The molecule has 3 aromatic carbocycles. The lowest BCUT2D eigenvalue weighted by Gasteiger charge is -2.31. The van der Waals surface area contributed by atoms with Gasteiger partial charge < -0.3 is 15.0 Å². The Kier molecular flexibility index (Phi) is 11.1. The summed E-state index contributed by atoms with van der Waals surface area (Å²) >= 11 is 0. The summed E-state index contributed by atoms with van der Waals surface area (Å²) in [5.74, 6) is 0.151. The molecule has 0 bridgehead atoms. The van der Waals surface area contributed by atoms with Crippen molar-refractivity contribution in [2.45, 2.75) is 45.2 Å². The molecule has 0 unspecified atom stereocenters. The number of rotatable bonds is 14. The lowest BCUT2D eigenvalue weighted by molar-refractivity contribution is -0.141. The van der Waals surface area contributed by atoms with Crippen LogP contribution in [0.25, 0.3) is 0 Å². The molecule has 0 spiro atoms. The van der Waals surface area contributed by atoms with Crippen LogP contribution < -0.4 is 14.4 Å². The highest BCUT2D eigenvalue weighted by molar-refractivity contribution is 7.92. The van der Waals surface area contributed by atoms with Crippen LogP contribution in [0, 0.1) is 0 Å². The van der Waals surface area contributed by atoms with Crippen LogP contribution in [0.1, 0.15) is 36.5 Å². The van der Waals surface area contributed by atoms with Gasteiger partial charge in [0.25, 0.3) is 0 Å². The summed E-state index contributed by atoms with van der Waals surface area (Å²) in [4.78, 5) is 28.4. The predicted octanol–water partition coefficient (Wildman–Crippen LogP) is 4.19. The fourth-order valence-corrected chi connectivity index (χ4v) is 5.56. The van der Waals surface area contributed by atoms with Crippen LogP contribution in [0.2, 0.25) is 0 Å². The van der Waals surface area contributed by atoms with Gasteiger partial charge in [-0.25, -0.2) is 8.42 Å². The van der Waals surface area contributed by atoms with Gasteiger partial charge in [-0.1, -0.05) is 61.5 Å². The Labute approximate surface area is 238 Å². The van der Waals surface area contributed by atoms with Gasteiger partial charge >= 0.3 is 0 Å². The Morgan fingerprint density at radius 3 is 2.20 bits per heavy atom. The molecule has 0 radical (unpaired) electrons. The van der Waals surface area contributed by atoms with Crippen LogP contribution in [-0.2, 0) is 39.0 Å². The summed E-state index contributed by atoms with van der Waals surface area (Å²) in [6.45, 7) is 2.39. The number of carbonyl (C=O) groups excluding carboxylic acids is 2. The fraction of sp³-hybridized carbons (Fsp3) is 0.355. The zero-order chi connectivity index (χ0) is 29.1. The van der Waals surface area contributed by atoms with E-state index in [0.717, 1.165) is 23.1 Å². The number of hydrogen-bond donors (Lipinski definition) is 1. The molecule has 0 saturated carbocycles. The molecule has 0 saturated heterocycles. The van der Waals surface area contributed by atoms with Crippen LogP contribution >= 0.6 is 0 Å². The average molecular weight is 566 g/mol. The second-order valence-corrected chi connectivity index (χ2v) is 11.6. The molecule has 3 aromatic rings. The number of carbonyl (C=O) groups is 2. The molecule has 214 valence electrons. The molecule has 0 fully saturated rings. The minimum Gasteiger partial charge on any atom is -0.497 e. The van der Waals surface area contributed by atoms with Gasteiger partial charge in [0.05, 0.1) is 19.1 Å². The quantitative estimate of drug-likeness (QED) is 0.316. The Morgan fingerprint density at radius 1 is 0.925 bits per heavy atom. The summed E-state index contributed by atoms with van der Waals surface area (Å²) in [5.41, 5.74) is 3.42. The smallest absolute Gasteiger partial charge is 0.242 e. The number of aryl methyl sites for hydroxylation is 1. The third-order valence-corrected chi connectivity index (χ3v) is 7.98. The first-order valence-corrected chi connectivity index (χ1v) is 15.3. The number of amides is 2. The maximum absolute atomic E-state index is 13.8. The van der Waals surface area contributed by atoms with Crippen molar-refractivity contribution in [1.82, 2.24) is 10.2 Å². The van der Waals surface area contributed by atoms with Gasteiger partial charge in [-0.05, 0) is 53.8 Å². The van der Waals surface area contributed by atoms with Gasteiger partial charge in [-0.2, -0.15) is 0 Å². The van der Waals surface area contributed by atoms with E-state index >= 15 is 0 Å². The van der Waals surface area contributed by atoms with E-state index in [1.807, 2.05) is 73.7 Å². The van der Waals surface area contributed by atoms with Crippen LogP contribution in [0.3, 0.4) is 0 Å². The molecule has 1 N–H and O–H groups in total. The number of anilines is 1. The lowest BCUT2D eigenvalue weighted by atomic mass is 10.0. The van der Waals surface area contributed by atoms with Gasteiger partial charge in [0.2, 0.25) is 21.8 Å². The monoisotopic (exact) mass is 565 g/mol. The van der Waals surface area contributed by atoms with E-state index in [1.165, 1.54) is 10.6 Å². The minimum absolute atomic E-state index is 0.0747. The molecule has 0 aliphatic rings. The Balaban J connectivity index is 1.85. The second kappa shape index (κ2) is 14.5. The van der Waals surface area contributed by atoms with E-state index in [-0.39, 0.29) is 31.3 Å². The lowest BCUT2D eigenvalue weighted by Crippen LogP contribution is -2.49. The van der Waals surface area contributed by atoms with Crippen molar-refractivity contribution in [3.63, 3.8) is 0 Å². The predicted molar refractivity (Wildman–Crippen MR) is 159 cm³/mol. The van der Waals surface area contributed by atoms with E-state index in [2.05, 4.69) is 5.32 Å². The van der Waals surface area contributed by atoms with Gasteiger partial charge in [0, 0.05) is 33.0 Å². The molecule has 0 aliphatic heterocycles. The molecule has 0 aliphatic carbocycles. The molecule has 0 aromatic heterocycles. The van der Waals surface area contributed by atoms with E-state index in [4.69, 9.17) is 4.74 Å². The van der Waals surface area contributed by atoms with Gasteiger partial charge in [-0.15, -0.1) is 0 Å².